The van der Waals surface area contributed by atoms with Crippen molar-refractivity contribution < 1.29 is 9.84 Å². The zero-order valence-corrected chi connectivity index (χ0v) is 11.0. The number of ether oxygens (including phenoxy) is 1. The highest BCUT2D eigenvalue weighted by Gasteiger charge is 2.28. The summed E-state index contributed by atoms with van der Waals surface area (Å²) >= 11 is 0. The number of anilines is 1. The van der Waals surface area contributed by atoms with E-state index in [1.807, 2.05) is 31.3 Å². The molecule has 0 radical (unpaired) electrons. The van der Waals surface area contributed by atoms with Gasteiger partial charge in [0.05, 0.1) is 12.2 Å². The molecule has 0 amide bonds. The maximum absolute atomic E-state index is 10.2. The molecule has 100 valence electrons. The van der Waals surface area contributed by atoms with E-state index in [0.29, 0.717) is 12.6 Å². The summed E-state index contributed by atoms with van der Waals surface area (Å²) in [5.41, 5.74) is 7.26. The fourth-order valence-electron chi connectivity index (χ4n) is 2.53. The van der Waals surface area contributed by atoms with Crippen LogP contribution < -0.4 is 5.73 Å². The highest BCUT2D eigenvalue weighted by atomic mass is 16.5. The summed E-state index contributed by atoms with van der Waals surface area (Å²) in [5.74, 6) is 0. The number of rotatable bonds is 4. The Hall–Kier alpha value is -1.10. The van der Waals surface area contributed by atoms with Crippen LogP contribution in [-0.4, -0.2) is 42.4 Å². The van der Waals surface area contributed by atoms with Crippen molar-refractivity contribution in [2.75, 3.05) is 25.9 Å². The Labute approximate surface area is 108 Å². The van der Waals surface area contributed by atoms with Gasteiger partial charge in [0, 0.05) is 24.9 Å². The molecule has 3 N–H and O–H groups in total. The first-order chi connectivity index (χ1) is 8.58. The Balaban J connectivity index is 1.94. The van der Waals surface area contributed by atoms with Gasteiger partial charge in [0.15, 0.2) is 0 Å². The van der Waals surface area contributed by atoms with Crippen molar-refractivity contribution in [2.24, 2.45) is 0 Å². The van der Waals surface area contributed by atoms with Gasteiger partial charge in [0.25, 0.3) is 0 Å². The third kappa shape index (κ3) is 3.02. The first-order valence-electron chi connectivity index (χ1n) is 6.43. The van der Waals surface area contributed by atoms with Crippen molar-refractivity contribution in [3.63, 3.8) is 0 Å². The molecule has 1 aliphatic heterocycles. The Kier molecular flexibility index (Phi) is 4.22. The molecule has 1 saturated heterocycles. The normalized spacial score (nSPS) is 25.6. The number of nitrogens with zero attached hydrogens (tertiary/aromatic N) is 1. The highest BCUT2D eigenvalue weighted by molar-refractivity contribution is 5.39. The molecule has 1 fully saturated rings. The van der Waals surface area contributed by atoms with Crippen LogP contribution in [0.5, 0.6) is 0 Å². The maximum Gasteiger partial charge on any atom is 0.0916 e. The van der Waals surface area contributed by atoms with Gasteiger partial charge in [-0.25, -0.2) is 0 Å². The highest BCUT2D eigenvalue weighted by Crippen LogP contribution is 2.22. The SMILES string of the molecule is CC1OCCC1N(C)CC(O)c1ccc(N)cc1. The molecule has 0 saturated carbocycles. The lowest BCUT2D eigenvalue weighted by Crippen LogP contribution is -2.39. The molecular formula is C14H22N2O2. The molecule has 2 rings (SSSR count). The fraction of sp³-hybridized carbons (Fsp3) is 0.571. The zero-order chi connectivity index (χ0) is 13.1. The second kappa shape index (κ2) is 5.69. The van der Waals surface area contributed by atoms with Gasteiger partial charge in [-0.3, -0.25) is 4.90 Å². The van der Waals surface area contributed by atoms with E-state index in [1.165, 1.54) is 0 Å². The van der Waals surface area contributed by atoms with E-state index in [-0.39, 0.29) is 6.10 Å². The van der Waals surface area contributed by atoms with Gasteiger partial charge in [-0.2, -0.15) is 0 Å². The number of hydrogen-bond acceptors (Lipinski definition) is 4. The summed E-state index contributed by atoms with van der Waals surface area (Å²) in [4.78, 5) is 2.18. The zero-order valence-electron chi connectivity index (χ0n) is 11.0. The minimum absolute atomic E-state index is 0.244. The Morgan fingerprint density at radius 3 is 2.67 bits per heavy atom. The quantitative estimate of drug-likeness (QED) is 0.793. The Bertz CT molecular complexity index is 380. The van der Waals surface area contributed by atoms with Gasteiger partial charge >= 0.3 is 0 Å². The van der Waals surface area contributed by atoms with E-state index in [1.54, 1.807) is 0 Å². The Morgan fingerprint density at radius 1 is 1.44 bits per heavy atom. The van der Waals surface area contributed by atoms with Crippen LogP contribution in [0.1, 0.15) is 25.0 Å². The number of nitrogens with two attached hydrogens (primary N) is 1. The summed E-state index contributed by atoms with van der Waals surface area (Å²) < 4.78 is 5.55. The predicted octanol–water partition coefficient (Wildman–Crippen LogP) is 1.41. The Morgan fingerprint density at radius 2 is 2.11 bits per heavy atom. The minimum Gasteiger partial charge on any atom is -0.399 e. The molecule has 18 heavy (non-hydrogen) atoms. The molecule has 4 nitrogen and oxygen atoms in total. The van der Waals surface area contributed by atoms with Crippen molar-refractivity contribution in [2.45, 2.75) is 31.6 Å². The molecule has 4 heteroatoms. The monoisotopic (exact) mass is 250 g/mol. The first-order valence-corrected chi connectivity index (χ1v) is 6.43. The lowest BCUT2D eigenvalue weighted by molar-refractivity contribution is 0.0579. The molecule has 3 unspecified atom stereocenters. The van der Waals surface area contributed by atoms with Gasteiger partial charge in [0.1, 0.15) is 0 Å². The number of hydrogen-bond donors (Lipinski definition) is 2. The number of likely N-dealkylation sites (N-methyl/N-ethyl adjacent to an activating group) is 1. The van der Waals surface area contributed by atoms with Gasteiger partial charge in [-0.1, -0.05) is 12.1 Å². The number of nitrogen functional groups attached to an aromatic ring is 1. The van der Waals surface area contributed by atoms with E-state index in [9.17, 15) is 5.11 Å². The van der Waals surface area contributed by atoms with E-state index in [0.717, 1.165) is 24.3 Å². The summed E-state index contributed by atoms with van der Waals surface area (Å²) in [6.07, 6.45) is 0.795. The summed E-state index contributed by atoms with van der Waals surface area (Å²) in [6.45, 7) is 3.51. The van der Waals surface area contributed by atoms with E-state index in [2.05, 4.69) is 11.8 Å². The van der Waals surface area contributed by atoms with Crippen LogP contribution in [0.2, 0.25) is 0 Å². The molecule has 1 aromatic carbocycles. The third-order valence-corrected chi connectivity index (χ3v) is 3.68. The number of benzene rings is 1. The van der Waals surface area contributed by atoms with Crippen LogP contribution in [0.15, 0.2) is 24.3 Å². The van der Waals surface area contributed by atoms with Crippen molar-refractivity contribution in [3.05, 3.63) is 29.8 Å². The average Bonchev–Trinajstić information content (AvgIpc) is 2.76. The van der Waals surface area contributed by atoms with E-state index in [4.69, 9.17) is 10.5 Å². The molecule has 1 aromatic rings. The second-order valence-electron chi connectivity index (χ2n) is 5.05. The van der Waals surface area contributed by atoms with E-state index >= 15 is 0 Å². The van der Waals surface area contributed by atoms with Crippen molar-refractivity contribution in [1.29, 1.82) is 0 Å². The van der Waals surface area contributed by atoms with Crippen molar-refractivity contribution in [1.82, 2.24) is 4.90 Å². The largest absolute Gasteiger partial charge is 0.399 e. The van der Waals surface area contributed by atoms with Crippen LogP contribution >= 0.6 is 0 Å². The standard InChI is InChI=1S/C14H22N2O2/c1-10-13(7-8-18-10)16(2)9-14(17)11-3-5-12(15)6-4-11/h3-6,10,13-14,17H,7-9,15H2,1-2H3. The third-order valence-electron chi connectivity index (χ3n) is 3.68. The van der Waals surface area contributed by atoms with Crippen LogP contribution in [0.4, 0.5) is 5.69 Å². The molecule has 0 bridgehead atoms. The smallest absolute Gasteiger partial charge is 0.0916 e. The van der Waals surface area contributed by atoms with Gasteiger partial charge < -0.3 is 15.6 Å². The van der Waals surface area contributed by atoms with Gasteiger partial charge in [-0.05, 0) is 38.1 Å². The van der Waals surface area contributed by atoms with Crippen LogP contribution in [-0.2, 0) is 4.74 Å². The fourth-order valence-corrected chi connectivity index (χ4v) is 2.53. The molecule has 0 aliphatic carbocycles. The molecule has 1 heterocycles. The lowest BCUT2D eigenvalue weighted by Gasteiger charge is -2.28. The van der Waals surface area contributed by atoms with E-state index < -0.39 is 6.10 Å². The van der Waals surface area contributed by atoms with Crippen LogP contribution in [0.25, 0.3) is 0 Å². The van der Waals surface area contributed by atoms with Crippen molar-refractivity contribution in [3.8, 4) is 0 Å². The van der Waals surface area contributed by atoms with Crippen LogP contribution in [0.3, 0.4) is 0 Å². The molecule has 3 atom stereocenters. The molecular weight excluding hydrogens is 228 g/mol. The van der Waals surface area contributed by atoms with Crippen LogP contribution in [0, 0.1) is 0 Å². The number of aliphatic hydroxyl groups is 1. The number of aliphatic hydroxyl groups excluding tert-OH is 1. The summed E-state index contributed by atoms with van der Waals surface area (Å²) in [6, 6.07) is 7.79. The predicted molar refractivity (Wildman–Crippen MR) is 72.3 cm³/mol. The average molecular weight is 250 g/mol. The molecule has 0 spiro atoms. The molecule has 0 aromatic heterocycles. The van der Waals surface area contributed by atoms with Gasteiger partial charge in [-0.15, -0.1) is 0 Å². The lowest BCUT2D eigenvalue weighted by atomic mass is 10.1. The molecule has 1 aliphatic rings. The summed E-state index contributed by atoms with van der Waals surface area (Å²) in [5, 5.41) is 10.2. The topological polar surface area (TPSA) is 58.7 Å². The summed E-state index contributed by atoms with van der Waals surface area (Å²) in [7, 11) is 2.04. The van der Waals surface area contributed by atoms with Gasteiger partial charge in [0.2, 0.25) is 0 Å². The first kappa shape index (κ1) is 13.3. The maximum atomic E-state index is 10.2. The minimum atomic E-state index is -0.483. The second-order valence-corrected chi connectivity index (χ2v) is 5.05. The van der Waals surface area contributed by atoms with Crippen molar-refractivity contribution >= 4 is 5.69 Å².